The maximum Gasteiger partial charge on any atom is 0.327 e. The molecule has 0 heterocycles. The lowest BCUT2D eigenvalue weighted by Gasteiger charge is -2.19. The molecule has 1 aromatic carbocycles. The highest BCUT2D eigenvalue weighted by Gasteiger charge is 2.40. The van der Waals surface area contributed by atoms with Gasteiger partial charge in [0.15, 0.2) is 0 Å². The molecule has 1 aromatic rings. The summed E-state index contributed by atoms with van der Waals surface area (Å²) in [5.41, 5.74) is 0.312. The molecule has 100 valence electrons. The van der Waals surface area contributed by atoms with E-state index in [0.29, 0.717) is 12.1 Å². The molecule has 1 unspecified atom stereocenters. The minimum absolute atomic E-state index is 0.258. The fourth-order valence-electron chi connectivity index (χ4n) is 1.57. The number of para-hydroxylation sites is 1. The van der Waals surface area contributed by atoms with Crippen LogP contribution < -0.4 is 5.32 Å². The number of rotatable bonds is 6. The zero-order valence-corrected chi connectivity index (χ0v) is 10.2. The Bertz CT molecular complexity index is 382. The molecule has 1 amide bonds. The molecule has 0 radical (unpaired) electrons. The molecule has 18 heavy (non-hydrogen) atoms. The van der Waals surface area contributed by atoms with Crippen LogP contribution in [0, 0.1) is 0 Å². The molecular formula is C13H17F2NO2. The van der Waals surface area contributed by atoms with Crippen molar-refractivity contribution in [2.75, 3.05) is 5.32 Å². The number of alkyl halides is 2. The van der Waals surface area contributed by atoms with E-state index in [1.165, 1.54) is 12.1 Å². The van der Waals surface area contributed by atoms with Gasteiger partial charge in [0, 0.05) is 12.1 Å². The second kappa shape index (κ2) is 6.44. The van der Waals surface area contributed by atoms with Crippen LogP contribution in [-0.2, 0) is 4.79 Å². The Kier molecular flexibility index (Phi) is 5.22. The van der Waals surface area contributed by atoms with Crippen LogP contribution >= 0.6 is 0 Å². The van der Waals surface area contributed by atoms with Gasteiger partial charge in [0.05, 0.1) is 6.10 Å². The molecule has 0 fully saturated rings. The van der Waals surface area contributed by atoms with Gasteiger partial charge in [-0.2, -0.15) is 8.78 Å². The standard InChI is InChI=1S/C13H17F2NO2/c1-2-6-11(17)9-13(14,15)12(18)16-10-7-4-3-5-8-10/h3-5,7-8,11,17H,2,6,9H2,1H3,(H,16,18). The summed E-state index contributed by atoms with van der Waals surface area (Å²) in [6.07, 6.45) is -1.16. The maximum absolute atomic E-state index is 13.5. The number of halogens is 2. The van der Waals surface area contributed by atoms with Gasteiger partial charge in [-0.3, -0.25) is 4.79 Å². The predicted octanol–water partition coefficient (Wildman–Crippen LogP) is 2.81. The second-order valence-corrected chi connectivity index (χ2v) is 4.17. The van der Waals surface area contributed by atoms with Crippen molar-refractivity contribution in [3.63, 3.8) is 0 Å². The van der Waals surface area contributed by atoms with E-state index in [4.69, 9.17) is 0 Å². The first-order chi connectivity index (χ1) is 8.45. The first-order valence-electron chi connectivity index (χ1n) is 5.88. The first-order valence-corrected chi connectivity index (χ1v) is 5.88. The van der Waals surface area contributed by atoms with Crippen molar-refractivity contribution in [2.45, 2.75) is 38.2 Å². The lowest BCUT2D eigenvalue weighted by Crippen LogP contribution is -2.37. The van der Waals surface area contributed by atoms with Gasteiger partial charge in [-0.15, -0.1) is 0 Å². The molecule has 5 heteroatoms. The number of hydrogen-bond acceptors (Lipinski definition) is 2. The van der Waals surface area contributed by atoms with Gasteiger partial charge >= 0.3 is 5.92 Å². The lowest BCUT2D eigenvalue weighted by atomic mass is 10.1. The predicted molar refractivity (Wildman–Crippen MR) is 65.6 cm³/mol. The number of nitrogens with one attached hydrogen (secondary N) is 1. The number of benzene rings is 1. The maximum atomic E-state index is 13.5. The quantitative estimate of drug-likeness (QED) is 0.823. The second-order valence-electron chi connectivity index (χ2n) is 4.17. The third-order valence-corrected chi connectivity index (χ3v) is 2.48. The number of anilines is 1. The number of aliphatic hydroxyl groups is 1. The molecule has 0 spiro atoms. The fourth-order valence-corrected chi connectivity index (χ4v) is 1.57. The summed E-state index contributed by atoms with van der Waals surface area (Å²) in [4.78, 5) is 11.4. The van der Waals surface area contributed by atoms with E-state index in [0.717, 1.165) is 0 Å². The lowest BCUT2D eigenvalue weighted by molar-refractivity contribution is -0.144. The van der Waals surface area contributed by atoms with Crippen LogP contribution in [0.1, 0.15) is 26.2 Å². The minimum Gasteiger partial charge on any atom is -0.393 e. The molecule has 0 aliphatic heterocycles. The van der Waals surface area contributed by atoms with Crippen LogP contribution in [0.15, 0.2) is 30.3 Å². The molecule has 0 aliphatic rings. The highest BCUT2D eigenvalue weighted by Crippen LogP contribution is 2.24. The van der Waals surface area contributed by atoms with Crippen LogP contribution in [0.2, 0.25) is 0 Å². The van der Waals surface area contributed by atoms with E-state index in [9.17, 15) is 18.7 Å². The van der Waals surface area contributed by atoms with Crippen molar-refractivity contribution in [2.24, 2.45) is 0 Å². The van der Waals surface area contributed by atoms with Gasteiger partial charge in [0.25, 0.3) is 5.91 Å². The molecule has 1 atom stereocenters. The van der Waals surface area contributed by atoms with Crippen molar-refractivity contribution in [3.05, 3.63) is 30.3 Å². The van der Waals surface area contributed by atoms with Gasteiger partial charge in [-0.25, -0.2) is 0 Å². The number of amides is 1. The molecular weight excluding hydrogens is 240 g/mol. The zero-order valence-electron chi connectivity index (χ0n) is 10.2. The summed E-state index contributed by atoms with van der Waals surface area (Å²) < 4.78 is 27.0. The number of carbonyl (C=O) groups excluding carboxylic acids is 1. The number of carbonyl (C=O) groups is 1. The minimum atomic E-state index is -3.57. The monoisotopic (exact) mass is 257 g/mol. The van der Waals surface area contributed by atoms with Gasteiger partial charge in [0.2, 0.25) is 0 Å². The van der Waals surface area contributed by atoms with Crippen LogP contribution in [0.4, 0.5) is 14.5 Å². The van der Waals surface area contributed by atoms with E-state index in [1.807, 2.05) is 0 Å². The van der Waals surface area contributed by atoms with E-state index in [1.54, 1.807) is 25.1 Å². The normalized spacial score (nSPS) is 13.1. The highest BCUT2D eigenvalue weighted by molar-refractivity contribution is 5.96. The third kappa shape index (κ3) is 4.41. The van der Waals surface area contributed by atoms with Crippen molar-refractivity contribution < 1.29 is 18.7 Å². The Labute approximate surface area is 105 Å². The Balaban J connectivity index is 2.59. The summed E-state index contributed by atoms with van der Waals surface area (Å²) >= 11 is 0. The first kappa shape index (κ1) is 14.6. The van der Waals surface area contributed by atoms with Gasteiger partial charge in [0.1, 0.15) is 0 Å². The summed E-state index contributed by atoms with van der Waals surface area (Å²) in [6, 6.07) is 8.05. The van der Waals surface area contributed by atoms with Gasteiger partial charge in [-0.1, -0.05) is 31.5 Å². The van der Waals surface area contributed by atoms with Crippen LogP contribution in [0.25, 0.3) is 0 Å². The average molecular weight is 257 g/mol. The molecule has 0 aliphatic carbocycles. The molecule has 0 bridgehead atoms. The van der Waals surface area contributed by atoms with E-state index in [2.05, 4.69) is 5.32 Å². The van der Waals surface area contributed by atoms with Crippen LogP contribution in [0.3, 0.4) is 0 Å². The number of aliphatic hydroxyl groups excluding tert-OH is 1. The van der Waals surface area contributed by atoms with Gasteiger partial charge < -0.3 is 10.4 Å². The Morgan fingerprint density at radius 2 is 2.00 bits per heavy atom. The molecule has 0 aromatic heterocycles. The van der Waals surface area contributed by atoms with Crippen LogP contribution in [-0.4, -0.2) is 23.0 Å². The number of hydrogen-bond donors (Lipinski definition) is 2. The summed E-state index contributed by atoms with van der Waals surface area (Å²) in [7, 11) is 0. The van der Waals surface area contributed by atoms with Crippen molar-refractivity contribution in [1.29, 1.82) is 0 Å². The van der Waals surface area contributed by atoms with E-state index < -0.39 is 24.4 Å². The summed E-state index contributed by atoms with van der Waals surface area (Å²) in [5.74, 6) is -4.95. The zero-order chi connectivity index (χ0) is 13.6. The average Bonchev–Trinajstić information content (AvgIpc) is 2.29. The third-order valence-electron chi connectivity index (χ3n) is 2.48. The van der Waals surface area contributed by atoms with Gasteiger partial charge in [-0.05, 0) is 18.6 Å². The van der Waals surface area contributed by atoms with Crippen LogP contribution in [0.5, 0.6) is 0 Å². The van der Waals surface area contributed by atoms with Crippen molar-refractivity contribution in [1.82, 2.24) is 0 Å². The Morgan fingerprint density at radius 3 is 2.56 bits per heavy atom. The molecule has 1 rings (SSSR count). The van der Waals surface area contributed by atoms with Crippen molar-refractivity contribution >= 4 is 11.6 Å². The highest BCUT2D eigenvalue weighted by atomic mass is 19.3. The van der Waals surface area contributed by atoms with Crippen molar-refractivity contribution in [3.8, 4) is 0 Å². The molecule has 0 saturated carbocycles. The topological polar surface area (TPSA) is 49.3 Å². The smallest absolute Gasteiger partial charge is 0.327 e. The Morgan fingerprint density at radius 1 is 1.39 bits per heavy atom. The summed E-state index contributed by atoms with van der Waals surface area (Å²) in [6.45, 7) is 1.78. The SMILES string of the molecule is CCCC(O)CC(F)(F)C(=O)Nc1ccccc1. The molecule has 0 saturated heterocycles. The summed E-state index contributed by atoms with van der Waals surface area (Å²) in [5, 5.41) is 11.5. The molecule has 2 N–H and O–H groups in total. The Hall–Kier alpha value is -1.49. The molecule has 3 nitrogen and oxygen atoms in total. The fraction of sp³-hybridized carbons (Fsp3) is 0.462. The van der Waals surface area contributed by atoms with E-state index in [-0.39, 0.29) is 6.42 Å². The largest absolute Gasteiger partial charge is 0.393 e. The van der Waals surface area contributed by atoms with E-state index >= 15 is 0 Å².